The quantitative estimate of drug-likeness (QED) is 0.462. The van der Waals surface area contributed by atoms with Crippen molar-refractivity contribution >= 4 is 50.1 Å². The number of carbonyl (C=O) groups excluding carboxylic acids is 1. The minimum absolute atomic E-state index is 0.0234. The lowest BCUT2D eigenvalue weighted by Crippen LogP contribution is -2.47. The molecule has 3 N–H and O–H groups in total. The number of nitrogens with one attached hydrogen (secondary N) is 2. The number of fused-ring (bicyclic) bond motifs is 3. The van der Waals surface area contributed by atoms with Gasteiger partial charge in [0.1, 0.15) is 17.9 Å². The lowest BCUT2D eigenvalue weighted by atomic mass is 10.0. The maximum absolute atomic E-state index is 14.5. The molecule has 1 fully saturated rings. The Hall–Kier alpha value is -2.52. The van der Waals surface area contributed by atoms with Crippen molar-refractivity contribution in [3.05, 3.63) is 40.4 Å². The third-order valence-electron chi connectivity index (χ3n) is 5.83. The molecule has 0 saturated carbocycles. The Morgan fingerprint density at radius 2 is 2.20 bits per heavy atom. The number of rotatable bonds is 6. The van der Waals surface area contributed by atoms with Gasteiger partial charge in [0.2, 0.25) is 0 Å². The first kappa shape index (κ1) is 20.7. The van der Waals surface area contributed by atoms with Crippen LogP contribution < -0.4 is 5.32 Å². The van der Waals surface area contributed by atoms with Gasteiger partial charge in [-0.15, -0.1) is 0 Å². The largest absolute Gasteiger partial charge is 0.465 e. The fraction of sp³-hybridized carbons (Fsp3) is 0.381. The molecule has 1 aliphatic rings. The summed E-state index contributed by atoms with van der Waals surface area (Å²) in [6, 6.07) is 6.55. The smallest absolute Gasteiger partial charge is 0.404 e. The number of hydrogen-bond donors (Lipinski definition) is 3. The van der Waals surface area contributed by atoms with Crippen LogP contribution in [0.15, 0.2) is 28.7 Å². The first-order valence-corrected chi connectivity index (χ1v) is 10.6. The number of benzene rings is 2. The zero-order valence-corrected chi connectivity index (χ0v) is 17.9. The number of H-pyrrole nitrogens is 1. The Bertz CT molecular complexity index is 1120. The number of aromatic nitrogens is 2. The molecule has 2 unspecified atom stereocenters. The molecule has 7 nitrogen and oxygen atoms in total. The summed E-state index contributed by atoms with van der Waals surface area (Å²) >= 11 is 3.22. The summed E-state index contributed by atoms with van der Waals surface area (Å²) in [5.74, 6) is 0.0213. The van der Waals surface area contributed by atoms with Gasteiger partial charge in [-0.05, 0) is 53.5 Å². The predicted octanol–water partition coefficient (Wildman–Crippen LogP) is 4.23. The summed E-state index contributed by atoms with van der Waals surface area (Å²) in [5.41, 5.74) is 1.54. The van der Waals surface area contributed by atoms with Crippen molar-refractivity contribution in [2.24, 2.45) is 5.92 Å². The summed E-state index contributed by atoms with van der Waals surface area (Å²) in [7, 11) is 0. The molecule has 0 spiro atoms. The van der Waals surface area contributed by atoms with Crippen LogP contribution in [-0.4, -0.2) is 51.5 Å². The van der Waals surface area contributed by atoms with Crippen LogP contribution in [0.3, 0.4) is 0 Å². The fourth-order valence-electron chi connectivity index (χ4n) is 4.20. The number of aromatic amines is 1. The van der Waals surface area contributed by atoms with Gasteiger partial charge in [0.25, 0.3) is 0 Å². The van der Waals surface area contributed by atoms with Gasteiger partial charge in [-0.2, -0.15) is 0 Å². The second kappa shape index (κ2) is 8.31. The number of carbonyl (C=O) groups is 2. The topological polar surface area (TPSA) is 98.3 Å². The van der Waals surface area contributed by atoms with Gasteiger partial charge in [-0.1, -0.05) is 13.0 Å². The first-order valence-electron chi connectivity index (χ1n) is 9.84. The maximum Gasteiger partial charge on any atom is 0.404 e. The Balaban J connectivity index is 1.67. The van der Waals surface area contributed by atoms with Crippen LogP contribution in [0.25, 0.3) is 21.8 Å². The molecule has 1 amide bonds. The van der Waals surface area contributed by atoms with E-state index in [1.807, 2.05) is 6.07 Å². The van der Waals surface area contributed by atoms with Crippen molar-refractivity contribution in [1.82, 2.24) is 20.2 Å². The van der Waals surface area contributed by atoms with Crippen LogP contribution in [0, 0.1) is 11.7 Å². The molecular formula is C21H22BrFN4O3. The third kappa shape index (κ3) is 3.79. The highest BCUT2D eigenvalue weighted by Crippen LogP contribution is 2.34. The summed E-state index contributed by atoms with van der Waals surface area (Å²) in [4.78, 5) is 32.7. The SMILES string of the molecule is CC(C=O)C(CN1CCC[C@H]1c1nc2ccc3c(F)c(Br)ccc3c2[nH]1)NC(=O)O. The minimum Gasteiger partial charge on any atom is -0.465 e. The molecule has 0 aliphatic carbocycles. The zero-order valence-electron chi connectivity index (χ0n) is 16.4. The van der Waals surface area contributed by atoms with E-state index in [1.165, 1.54) is 0 Å². The number of halogens is 2. The minimum atomic E-state index is -1.15. The molecule has 1 saturated heterocycles. The molecule has 9 heteroatoms. The van der Waals surface area contributed by atoms with E-state index in [4.69, 9.17) is 10.1 Å². The van der Waals surface area contributed by atoms with Gasteiger partial charge in [-0.3, -0.25) is 4.90 Å². The Morgan fingerprint density at radius 3 is 2.93 bits per heavy atom. The second-order valence-corrected chi connectivity index (χ2v) is 8.60. The van der Waals surface area contributed by atoms with Crippen molar-refractivity contribution in [1.29, 1.82) is 0 Å². The van der Waals surface area contributed by atoms with E-state index in [0.29, 0.717) is 16.4 Å². The highest BCUT2D eigenvalue weighted by Gasteiger charge is 2.32. The lowest BCUT2D eigenvalue weighted by Gasteiger charge is -2.29. The molecule has 2 aromatic carbocycles. The summed E-state index contributed by atoms with van der Waals surface area (Å²) in [6.45, 7) is 2.91. The number of hydrogen-bond acceptors (Lipinski definition) is 4. The molecule has 3 atom stereocenters. The molecule has 30 heavy (non-hydrogen) atoms. The first-order chi connectivity index (χ1) is 14.4. The van der Waals surface area contributed by atoms with Crippen LogP contribution >= 0.6 is 15.9 Å². The van der Waals surface area contributed by atoms with Crippen LogP contribution in [-0.2, 0) is 4.79 Å². The van der Waals surface area contributed by atoms with E-state index >= 15 is 0 Å². The van der Waals surface area contributed by atoms with E-state index in [-0.39, 0.29) is 11.9 Å². The van der Waals surface area contributed by atoms with Gasteiger partial charge in [-0.25, -0.2) is 14.2 Å². The van der Waals surface area contributed by atoms with Crippen molar-refractivity contribution in [3.8, 4) is 0 Å². The average Bonchev–Trinajstić information content (AvgIpc) is 3.35. The van der Waals surface area contributed by atoms with E-state index < -0.39 is 18.1 Å². The number of nitrogens with zero attached hydrogens (tertiary/aromatic N) is 2. The Kier molecular flexibility index (Phi) is 5.75. The lowest BCUT2D eigenvalue weighted by molar-refractivity contribution is -0.111. The standard InChI is InChI=1S/C21H22BrFN4O3/c1-11(10-28)16(25-21(29)30)9-27-8-2-3-17(27)20-24-15-7-5-12-13(19(15)26-20)4-6-14(22)18(12)23/h4-7,10-11,16-17,25H,2-3,8-9H2,1H3,(H,24,26)(H,29,30)/t11?,16?,17-/m0/s1. The summed E-state index contributed by atoms with van der Waals surface area (Å²) in [5, 5.41) is 12.9. The predicted molar refractivity (Wildman–Crippen MR) is 115 cm³/mol. The third-order valence-corrected chi connectivity index (χ3v) is 6.44. The number of aldehydes is 1. The number of amides is 1. The van der Waals surface area contributed by atoms with Gasteiger partial charge >= 0.3 is 6.09 Å². The second-order valence-electron chi connectivity index (χ2n) is 7.74. The molecular weight excluding hydrogens is 455 g/mol. The van der Waals surface area contributed by atoms with Crippen molar-refractivity contribution < 1.29 is 19.1 Å². The van der Waals surface area contributed by atoms with E-state index in [1.54, 1.807) is 25.1 Å². The molecule has 0 radical (unpaired) electrons. The van der Waals surface area contributed by atoms with Crippen LogP contribution in [0.4, 0.5) is 9.18 Å². The van der Waals surface area contributed by atoms with Crippen LogP contribution in [0.5, 0.6) is 0 Å². The van der Waals surface area contributed by atoms with E-state index in [2.05, 4.69) is 31.1 Å². The molecule has 4 rings (SSSR count). The van der Waals surface area contributed by atoms with Crippen LogP contribution in [0.2, 0.25) is 0 Å². The number of likely N-dealkylation sites (tertiary alicyclic amines) is 1. The molecule has 158 valence electrons. The molecule has 1 aliphatic heterocycles. The van der Waals surface area contributed by atoms with Gasteiger partial charge in [0.05, 0.1) is 27.6 Å². The van der Waals surface area contributed by atoms with Crippen molar-refractivity contribution in [2.75, 3.05) is 13.1 Å². The van der Waals surface area contributed by atoms with Crippen LogP contribution in [0.1, 0.15) is 31.6 Å². The molecule has 3 aromatic rings. The highest BCUT2D eigenvalue weighted by atomic mass is 79.9. The van der Waals surface area contributed by atoms with Gasteiger partial charge in [0.15, 0.2) is 0 Å². The average molecular weight is 477 g/mol. The molecule has 1 aromatic heterocycles. The summed E-state index contributed by atoms with van der Waals surface area (Å²) in [6.07, 6.45) is 1.44. The number of carboxylic acid groups (broad SMARTS) is 1. The normalized spacial score (nSPS) is 19.2. The molecule has 0 bridgehead atoms. The van der Waals surface area contributed by atoms with Gasteiger partial charge in [0, 0.05) is 23.2 Å². The number of imidazole rings is 1. The van der Waals surface area contributed by atoms with Crippen molar-refractivity contribution in [2.45, 2.75) is 31.8 Å². The maximum atomic E-state index is 14.5. The highest BCUT2D eigenvalue weighted by molar-refractivity contribution is 9.10. The van der Waals surface area contributed by atoms with E-state index in [9.17, 15) is 14.0 Å². The van der Waals surface area contributed by atoms with Gasteiger partial charge < -0.3 is 20.2 Å². The van der Waals surface area contributed by atoms with E-state index in [0.717, 1.165) is 47.9 Å². The monoisotopic (exact) mass is 476 g/mol. The zero-order chi connectivity index (χ0) is 21.4. The molecule has 2 heterocycles. The fourth-order valence-corrected chi connectivity index (χ4v) is 4.55. The Morgan fingerprint density at radius 1 is 1.43 bits per heavy atom. The summed E-state index contributed by atoms with van der Waals surface area (Å²) < 4.78 is 14.9. The Labute approximate surface area is 180 Å². The van der Waals surface area contributed by atoms with Crippen molar-refractivity contribution in [3.63, 3.8) is 0 Å².